The third kappa shape index (κ3) is 5.55. The van der Waals surface area contributed by atoms with Crippen LogP contribution in [0.5, 0.6) is 5.75 Å². The van der Waals surface area contributed by atoms with Crippen molar-refractivity contribution in [2.24, 2.45) is 0 Å². The molecule has 2 aromatic carbocycles. The average Bonchev–Trinajstić information content (AvgIpc) is 3.29. The number of hydrogen-bond donors (Lipinski definition) is 2. The summed E-state index contributed by atoms with van der Waals surface area (Å²) in [5.41, 5.74) is 2.66. The van der Waals surface area contributed by atoms with Gasteiger partial charge in [-0.2, -0.15) is 0 Å². The van der Waals surface area contributed by atoms with Gasteiger partial charge >= 0.3 is 0 Å². The zero-order valence-corrected chi connectivity index (χ0v) is 19.2. The molecule has 0 fully saturated rings. The summed E-state index contributed by atoms with van der Waals surface area (Å²) in [6.45, 7) is 1.42. The fraction of sp³-hybridized carbons (Fsp3) is 0.320. The first-order valence-electron chi connectivity index (χ1n) is 11.1. The SMILES string of the molecule is COCCCNc1ccc2c(c1)N(C)C(=O)[C@@H](NC(=O)c1cc(Cc3ccccc3)on1)CO2. The van der Waals surface area contributed by atoms with Crippen LogP contribution in [0.4, 0.5) is 11.4 Å². The fourth-order valence-corrected chi connectivity index (χ4v) is 3.69. The molecule has 0 radical (unpaired) electrons. The highest BCUT2D eigenvalue weighted by Crippen LogP contribution is 2.33. The van der Waals surface area contributed by atoms with Crippen LogP contribution < -0.4 is 20.3 Å². The lowest BCUT2D eigenvalue weighted by molar-refractivity contribution is -0.120. The summed E-state index contributed by atoms with van der Waals surface area (Å²) >= 11 is 0. The van der Waals surface area contributed by atoms with Crippen molar-refractivity contribution >= 4 is 23.2 Å². The maximum Gasteiger partial charge on any atom is 0.274 e. The molecular formula is C25H28N4O5. The second kappa shape index (κ2) is 10.8. The van der Waals surface area contributed by atoms with E-state index in [-0.39, 0.29) is 18.2 Å². The minimum atomic E-state index is -0.864. The van der Waals surface area contributed by atoms with Gasteiger partial charge in [-0.05, 0) is 30.2 Å². The van der Waals surface area contributed by atoms with Crippen LogP contribution in [0, 0.1) is 0 Å². The van der Waals surface area contributed by atoms with Crippen molar-refractivity contribution in [1.29, 1.82) is 0 Å². The molecule has 0 saturated heterocycles. The Kier molecular flexibility index (Phi) is 7.44. The Morgan fingerprint density at radius 3 is 2.82 bits per heavy atom. The van der Waals surface area contributed by atoms with E-state index in [9.17, 15) is 9.59 Å². The van der Waals surface area contributed by atoms with Gasteiger partial charge in [-0.3, -0.25) is 9.59 Å². The largest absolute Gasteiger partial charge is 0.489 e. The standard InChI is InChI=1S/C25H28N4O5/c1-29-22-14-18(26-11-6-12-32-2)9-10-23(22)33-16-21(25(29)31)27-24(30)20-15-19(34-28-20)13-17-7-4-3-5-8-17/h3-5,7-10,14-15,21,26H,6,11-13,16H2,1-2H3,(H,27,30)/t21-/m0/s1. The molecule has 9 heteroatoms. The van der Waals surface area contributed by atoms with Gasteiger partial charge < -0.3 is 29.5 Å². The number of fused-ring (bicyclic) bond motifs is 1. The van der Waals surface area contributed by atoms with E-state index in [1.165, 1.54) is 4.90 Å². The number of carbonyl (C=O) groups is 2. The molecule has 4 rings (SSSR count). The number of ether oxygens (including phenoxy) is 2. The monoisotopic (exact) mass is 464 g/mol. The van der Waals surface area contributed by atoms with Crippen LogP contribution in [0.15, 0.2) is 59.1 Å². The molecule has 2 N–H and O–H groups in total. The van der Waals surface area contributed by atoms with Gasteiger partial charge in [-0.15, -0.1) is 0 Å². The Morgan fingerprint density at radius 1 is 1.21 bits per heavy atom. The quantitative estimate of drug-likeness (QED) is 0.469. The van der Waals surface area contributed by atoms with Crippen LogP contribution in [0.3, 0.4) is 0 Å². The molecule has 0 spiro atoms. The van der Waals surface area contributed by atoms with Crippen LogP contribution in [-0.2, 0) is 16.0 Å². The van der Waals surface area contributed by atoms with Crippen LogP contribution in [-0.4, -0.2) is 56.9 Å². The second-order valence-electron chi connectivity index (χ2n) is 8.03. The number of anilines is 2. The van der Waals surface area contributed by atoms with Crippen molar-refractivity contribution in [1.82, 2.24) is 10.5 Å². The summed E-state index contributed by atoms with van der Waals surface area (Å²) in [5, 5.41) is 9.90. The van der Waals surface area contributed by atoms with Crippen molar-refractivity contribution < 1.29 is 23.6 Å². The van der Waals surface area contributed by atoms with Gasteiger partial charge in [0.05, 0.1) is 5.69 Å². The molecule has 1 aromatic heterocycles. The number of benzene rings is 2. The molecular weight excluding hydrogens is 436 g/mol. The maximum absolute atomic E-state index is 13.1. The molecule has 3 aromatic rings. The number of methoxy groups -OCH3 is 1. The minimum Gasteiger partial charge on any atom is -0.489 e. The van der Waals surface area contributed by atoms with Gasteiger partial charge in [0.1, 0.15) is 24.2 Å². The van der Waals surface area contributed by atoms with E-state index >= 15 is 0 Å². The first-order valence-corrected chi connectivity index (χ1v) is 11.1. The number of amides is 2. The summed E-state index contributed by atoms with van der Waals surface area (Å²) in [6.07, 6.45) is 1.38. The van der Waals surface area contributed by atoms with E-state index in [0.717, 1.165) is 24.2 Å². The normalized spacial score (nSPS) is 15.3. The summed E-state index contributed by atoms with van der Waals surface area (Å²) in [7, 11) is 3.33. The lowest BCUT2D eigenvalue weighted by atomic mass is 10.1. The van der Waals surface area contributed by atoms with Crippen LogP contribution in [0.1, 0.15) is 28.2 Å². The van der Waals surface area contributed by atoms with Crippen LogP contribution in [0.25, 0.3) is 0 Å². The smallest absolute Gasteiger partial charge is 0.274 e. The van der Waals surface area contributed by atoms with Crippen molar-refractivity contribution in [3.63, 3.8) is 0 Å². The number of nitrogens with zero attached hydrogens (tertiary/aromatic N) is 2. The van der Waals surface area contributed by atoms with Crippen LogP contribution in [0.2, 0.25) is 0 Å². The third-order valence-electron chi connectivity index (χ3n) is 5.53. The molecule has 2 amide bonds. The Labute approximate surface area is 198 Å². The Hall–Kier alpha value is -3.85. The van der Waals surface area contributed by atoms with Gasteiger partial charge in [0, 0.05) is 45.5 Å². The molecule has 178 valence electrons. The molecule has 0 bridgehead atoms. The summed E-state index contributed by atoms with van der Waals surface area (Å²) in [5.74, 6) is 0.359. The fourth-order valence-electron chi connectivity index (χ4n) is 3.69. The Balaban J connectivity index is 1.39. The lowest BCUT2D eigenvalue weighted by Crippen LogP contribution is -2.49. The summed E-state index contributed by atoms with van der Waals surface area (Å²) in [4.78, 5) is 27.3. The molecule has 1 atom stereocenters. The van der Waals surface area contributed by atoms with E-state index in [1.807, 2.05) is 48.5 Å². The van der Waals surface area contributed by atoms with E-state index < -0.39 is 11.9 Å². The van der Waals surface area contributed by atoms with E-state index in [4.69, 9.17) is 14.0 Å². The molecule has 0 aliphatic carbocycles. The highest BCUT2D eigenvalue weighted by molar-refractivity contribution is 6.03. The molecule has 0 unspecified atom stereocenters. The van der Waals surface area contributed by atoms with Crippen molar-refractivity contribution in [3.8, 4) is 5.75 Å². The highest BCUT2D eigenvalue weighted by Gasteiger charge is 2.31. The molecule has 1 aliphatic rings. The topological polar surface area (TPSA) is 106 Å². The number of carbonyl (C=O) groups excluding carboxylic acids is 2. The first kappa shape index (κ1) is 23.3. The zero-order chi connectivity index (χ0) is 23.9. The van der Waals surface area contributed by atoms with E-state index in [0.29, 0.717) is 30.2 Å². The number of aromatic nitrogens is 1. The third-order valence-corrected chi connectivity index (χ3v) is 5.53. The van der Waals surface area contributed by atoms with Gasteiger partial charge in [-0.1, -0.05) is 35.5 Å². The minimum absolute atomic E-state index is 0.0112. The Morgan fingerprint density at radius 2 is 2.03 bits per heavy atom. The Bertz CT molecular complexity index is 1130. The number of rotatable bonds is 9. The molecule has 0 saturated carbocycles. The van der Waals surface area contributed by atoms with Gasteiger partial charge in [-0.25, -0.2) is 0 Å². The van der Waals surface area contributed by atoms with E-state index in [1.54, 1.807) is 20.2 Å². The average molecular weight is 465 g/mol. The molecule has 34 heavy (non-hydrogen) atoms. The maximum atomic E-state index is 13.1. The summed E-state index contributed by atoms with van der Waals surface area (Å²) < 4.78 is 16.2. The van der Waals surface area contributed by atoms with E-state index in [2.05, 4.69) is 15.8 Å². The van der Waals surface area contributed by atoms with Gasteiger partial charge in [0.2, 0.25) is 0 Å². The van der Waals surface area contributed by atoms with Crippen molar-refractivity contribution in [2.75, 3.05) is 44.1 Å². The van der Waals surface area contributed by atoms with Gasteiger partial charge in [0.15, 0.2) is 5.69 Å². The predicted octanol–water partition coefficient (Wildman–Crippen LogP) is 2.87. The van der Waals surface area contributed by atoms with Crippen molar-refractivity contribution in [2.45, 2.75) is 18.9 Å². The number of likely N-dealkylation sites (N-methyl/N-ethyl adjacent to an activating group) is 1. The number of hydrogen-bond acceptors (Lipinski definition) is 7. The van der Waals surface area contributed by atoms with Gasteiger partial charge in [0.25, 0.3) is 11.8 Å². The lowest BCUT2D eigenvalue weighted by Gasteiger charge is -2.20. The van der Waals surface area contributed by atoms with Crippen LogP contribution >= 0.6 is 0 Å². The highest BCUT2D eigenvalue weighted by atomic mass is 16.5. The molecule has 1 aliphatic heterocycles. The second-order valence-corrected chi connectivity index (χ2v) is 8.03. The molecule has 9 nitrogen and oxygen atoms in total. The molecule has 2 heterocycles. The summed E-state index contributed by atoms with van der Waals surface area (Å²) in [6, 6.07) is 16.0. The van der Waals surface area contributed by atoms with Crippen molar-refractivity contribution in [3.05, 3.63) is 71.6 Å². The number of nitrogens with one attached hydrogen (secondary N) is 2. The predicted molar refractivity (Wildman–Crippen MR) is 127 cm³/mol. The zero-order valence-electron chi connectivity index (χ0n) is 19.2. The first-order chi connectivity index (χ1) is 16.5.